The van der Waals surface area contributed by atoms with Crippen molar-refractivity contribution in [3.8, 4) is 6.07 Å². The number of aryl methyl sites for hydroxylation is 1. The van der Waals surface area contributed by atoms with E-state index >= 15 is 0 Å². The van der Waals surface area contributed by atoms with Gasteiger partial charge in [-0.25, -0.2) is 17.6 Å². The minimum Gasteiger partial charge on any atom is -0.452 e. The molecule has 0 radical (unpaired) electrons. The second-order valence-corrected chi connectivity index (χ2v) is 10.5. The molecular weight excluding hydrogens is 473 g/mol. The summed E-state index contributed by atoms with van der Waals surface area (Å²) in [4.78, 5) is 25.1. The molecule has 0 spiro atoms. The van der Waals surface area contributed by atoms with Crippen LogP contribution in [0.15, 0.2) is 23.1 Å². The number of rotatable bonds is 6. The van der Waals surface area contributed by atoms with Crippen molar-refractivity contribution in [1.82, 2.24) is 4.31 Å². The van der Waals surface area contributed by atoms with Gasteiger partial charge in [0.05, 0.1) is 24.3 Å². The monoisotopic (exact) mass is 493 g/mol. The normalized spacial score (nSPS) is 16.1. The third kappa shape index (κ3) is 4.77. The topological polar surface area (TPSA) is 126 Å². The van der Waals surface area contributed by atoms with Crippen LogP contribution in [0.1, 0.15) is 32.8 Å². The highest BCUT2D eigenvalue weighted by Gasteiger charge is 2.30. The van der Waals surface area contributed by atoms with Gasteiger partial charge in [0.15, 0.2) is 6.61 Å². The van der Waals surface area contributed by atoms with Gasteiger partial charge in [-0.1, -0.05) is 0 Å². The molecular formula is C21H20FN3O6S2. The van der Waals surface area contributed by atoms with Crippen LogP contribution in [-0.2, 0) is 37.1 Å². The van der Waals surface area contributed by atoms with Gasteiger partial charge in [-0.05, 0) is 43.0 Å². The van der Waals surface area contributed by atoms with Crippen molar-refractivity contribution in [2.24, 2.45) is 0 Å². The number of esters is 1. The van der Waals surface area contributed by atoms with E-state index in [0.717, 1.165) is 52.2 Å². The average Bonchev–Trinajstić information content (AvgIpc) is 3.39. The van der Waals surface area contributed by atoms with Crippen LogP contribution in [0.3, 0.4) is 0 Å². The van der Waals surface area contributed by atoms with Crippen molar-refractivity contribution in [3.63, 3.8) is 0 Å². The number of benzene rings is 1. The molecule has 1 aromatic heterocycles. The molecule has 2 aromatic rings. The number of halogens is 1. The number of carbonyl (C=O) groups excluding carboxylic acids is 2. The summed E-state index contributed by atoms with van der Waals surface area (Å²) in [6.07, 6.45) is 2.63. The van der Waals surface area contributed by atoms with Crippen molar-refractivity contribution >= 4 is 38.2 Å². The van der Waals surface area contributed by atoms with E-state index in [-0.39, 0.29) is 31.9 Å². The Morgan fingerprint density at radius 2 is 2.03 bits per heavy atom. The van der Waals surface area contributed by atoms with Crippen molar-refractivity contribution in [3.05, 3.63) is 45.6 Å². The number of nitriles is 1. The number of thiophene rings is 1. The summed E-state index contributed by atoms with van der Waals surface area (Å²) in [5, 5.41) is 12.4. The number of hydrogen-bond donors (Lipinski definition) is 1. The lowest BCUT2D eigenvalue weighted by Gasteiger charge is -2.26. The maximum atomic E-state index is 14.3. The Kier molecular flexibility index (Phi) is 6.76. The molecule has 2 aliphatic rings. The minimum atomic E-state index is -4.17. The van der Waals surface area contributed by atoms with Crippen LogP contribution < -0.4 is 5.32 Å². The van der Waals surface area contributed by atoms with E-state index in [2.05, 4.69) is 11.4 Å². The summed E-state index contributed by atoms with van der Waals surface area (Å²) in [5.74, 6) is -2.61. The fourth-order valence-electron chi connectivity index (χ4n) is 3.74. The number of morpholine rings is 1. The second kappa shape index (κ2) is 9.56. The predicted octanol–water partition coefficient (Wildman–Crippen LogP) is 2.06. The summed E-state index contributed by atoms with van der Waals surface area (Å²) in [5.41, 5.74) is 1.18. The number of hydrogen-bond acceptors (Lipinski definition) is 8. The fraction of sp³-hybridized carbons (Fsp3) is 0.381. The third-order valence-corrected chi connectivity index (χ3v) is 8.50. The highest BCUT2D eigenvalue weighted by molar-refractivity contribution is 7.89. The standard InChI is InChI=1S/C21H20FN3O6S2/c22-16-5-4-13(10-18(16)33(28,29)25-6-8-30-9-7-25)21(27)31-12-19(26)24-20-15(11-23)14-2-1-3-17(14)32-20/h4-5,10H,1-3,6-9,12H2,(H,24,26). The summed E-state index contributed by atoms with van der Waals surface area (Å²) in [7, 11) is -4.17. The molecule has 0 unspecified atom stereocenters. The Labute approximate surface area is 193 Å². The van der Waals surface area contributed by atoms with Gasteiger partial charge < -0.3 is 14.8 Å². The first-order valence-corrected chi connectivity index (χ1v) is 12.5. The van der Waals surface area contributed by atoms with E-state index in [4.69, 9.17) is 9.47 Å². The van der Waals surface area contributed by atoms with Gasteiger partial charge in [-0.15, -0.1) is 11.3 Å². The Morgan fingerprint density at radius 3 is 2.76 bits per heavy atom. The van der Waals surface area contributed by atoms with Crippen molar-refractivity contribution in [2.45, 2.75) is 24.2 Å². The first kappa shape index (κ1) is 23.3. The smallest absolute Gasteiger partial charge is 0.338 e. The van der Waals surface area contributed by atoms with E-state index < -0.39 is 39.2 Å². The Balaban J connectivity index is 1.42. The molecule has 1 aliphatic carbocycles. The largest absolute Gasteiger partial charge is 0.452 e. The van der Waals surface area contributed by atoms with Crippen LogP contribution in [0, 0.1) is 17.1 Å². The molecule has 0 atom stereocenters. The molecule has 12 heteroatoms. The van der Waals surface area contributed by atoms with Crippen LogP contribution in [-0.4, -0.2) is 57.5 Å². The lowest BCUT2D eigenvalue weighted by molar-refractivity contribution is -0.119. The molecule has 1 N–H and O–H groups in total. The van der Waals surface area contributed by atoms with Gasteiger partial charge in [0, 0.05) is 18.0 Å². The molecule has 174 valence electrons. The molecule has 0 bridgehead atoms. The van der Waals surface area contributed by atoms with E-state index in [1.165, 1.54) is 11.3 Å². The zero-order chi connectivity index (χ0) is 23.6. The predicted molar refractivity (Wildman–Crippen MR) is 116 cm³/mol. The highest BCUT2D eigenvalue weighted by atomic mass is 32.2. The maximum Gasteiger partial charge on any atom is 0.338 e. The van der Waals surface area contributed by atoms with Gasteiger partial charge in [-0.3, -0.25) is 4.79 Å². The first-order valence-electron chi connectivity index (χ1n) is 10.2. The molecule has 0 saturated carbocycles. The zero-order valence-electron chi connectivity index (χ0n) is 17.4. The molecule has 2 heterocycles. The number of sulfonamides is 1. The number of nitrogens with zero attached hydrogens (tertiary/aromatic N) is 2. The summed E-state index contributed by atoms with van der Waals surface area (Å²) < 4.78 is 51.0. The van der Waals surface area contributed by atoms with Crippen LogP contribution in [0.4, 0.5) is 9.39 Å². The first-order chi connectivity index (χ1) is 15.8. The van der Waals surface area contributed by atoms with Gasteiger partial charge >= 0.3 is 5.97 Å². The van der Waals surface area contributed by atoms with Crippen LogP contribution in [0.5, 0.6) is 0 Å². The maximum absolute atomic E-state index is 14.3. The van der Waals surface area contributed by atoms with Crippen molar-refractivity contribution in [2.75, 3.05) is 38.2 Å². The molecule has 9 nitrogen and oxygen atoms in total. The molecule has 33 heavy (non-hydrogen) atoms. The van der Waals surface area contributed by atoms with Gasteiger partial charge in [0.25, 0.3) is 5.91 Å². The van der Waals surface area contributed by atoms with Crippen molar-refractivity contribution in [1.29, 1.82) is 5.26 Å². The third-order valence-electron chi connectivity index (χ3n) is 5.38. The molecule has 1 saturated heterocycles. The molecule has 1 amide bonds. The number of fused-ring (bicyclic) bond motifs is 1. The quantitative estimate of drug-likeness (QED) is 0.611. The van der Waals surface area contributed by atoms with Crippen LogP contribution in [0.2, 0.25) is 0 Å². The van der Waals surface area contributed by atoms with E-state index in [0.29, 0.717) is 10.6 Å². The van der Waals surface area contributed by atoms with Crippen molar-refractivity contribution < 1.29 is 31.9 Å². The molecule has 1 aliphatic heterocycles. The summed E-state index contributed by atoms with van der Waals surface area (Å²) in [6, 6.07) is 4.97. The van der Waals surface area contributed by atoms with Crippen LogP contribution >= 0.6 is 11.3 Å². The summed E-state index contributed by atoms with van der Waals surface area (Å²) >= 11 is 1.34. The second-order valence-electron chi connectivity index (χ2n) is 7.46. The van der Waals surface area contributed by atoms with E-state index in [1.807, 2.05) is 0 Å². The molecule has 4 rings (SSSR count). The van der Waals surface area contributed by atoms with Gasteiger partial charge in [-0.2, -0.15) is 9.57 Å². The lowest BCUT2D eigenvalue weighted by Crippen LogP contribution is -2.41. The minimum absolute atomic E-state index is 0.0768. The van der Waals surface area contributed by atoms with Gasteiger partial charge in [0.1, 0.15) is 21.8 Å². The van der Waals surface area contributed by atoms with E-state index in [9.17, 15) is 27.7 Å². The zero-order valence-corrected chi connectivity index (χ0v) is 19.1. The Hall–Kier alpha value is -2.85. The number of nitrogens with one attached hydrogen (secondary N) is 1. The van der Waals surface area contributed by atoms with Crippen LogP contribution in [0.25, 0.3) is 0 Å². The molecule has 1 aromatic carbocycles. The summed E-state index contributed by atoms with van der Waals surface area (Å²) in [6.45, 7) is -0.104. The van der Waals surface area contributed by atoms with Gasteiger partial charge in [0.2, 0.25) is 10.0 Å². The molecule has 1 fully saturated rings. The lowest BCUT2D eigenvalue weighted by atomic mass is 10.1. The Morgan fingerprint density at radius 1 is 1.27 bits per heavy atom. The number of anilines is 1. The number of amides is 1. The number of carbonyl (C=O) groups is 2. The number of ether oxygens (including phenoxy) is 2. The highest BCUT2D eigenvalue weighted by Crippen LogP contribution is 2.38. The fourth-order valence-corrected chi connectivity index (χ4v) is 6.50. The average molecular weight is 494 g/mol. The Bertz CT molecular complexity index is 1250. The van der Waals surface area contributed by atoms with E-state index in [1.54, 1.807) is 0 Å². The SMILES string of the molecule is N#Cc1c(NC(=O)COC(=O)c2ccc(F)c(S(=O)(=O)N3CCOCC3)c2)sc2c1CCC2.